The maximum Gasteiger partial charge on any atom is 0.307 e. The molecule has 1 N–H and O–H groups in total. The van der Waals surface area contributed by atoms with Gasteiger partial charge in [0.2, 0.25) is 0 Å². The third-order valence-corrected chi connectivity index (χ3v) is 1.53. The van der Waals surface area contributed by atoms with E-state index in [1.165, 1.54) is 0 Å². The van der Waals surface area contributed by atoms with E-state index in [1.54, 1.807) is 25.4 Å². The molecule has 1 aromatic heterocycles. The molecule has 0 unspecified atom stereocenters. The first-order chi connectivity index (χ1) is 6.33. The summed E-state index contributed by atoms with van der Waals surface area (Å²) in [4.78, 5) is 11.0. The van der Waals surface area contributed by atoms with Crippen molar-refractivity contribution in [3.05, 3.63) is 24.2 Å². The highest BCUT2D eigenvalue weighted by atomic mass is 16.5. The molecule has 72 valence electrons. The molecule has 0 saturated heterocycles. The van der Waals surface area contributed by atoms with Crippen molar-refractivity contribution < 1.29 is 13.9 Å². The SMILES string of the molecule is CNCCC(=O)OCc1ccco1. The Kier molecular flexibility index (Phi) is 4.05. The van der Waals surface area contributed by atoms with Crippen LogP contribution in [0.15, 0.2) is 22.8 Å². The Labute approximate surface area is 76.9 Å². The lowest BCUT2D eigenvalue weighted by molar-refractivity contribution is -0.145. The largest absolute Gasteiger partial charge is 0.466 e. The van der Waals surface area contributed by atoms with Gasteiger partial charge in [-0.25, -0.2) is 0 Å². The molecule has 1 heterocycles. The summed E-state index contributed by atoms with van der Waals surface area (Å²) < 4.78 is 9.91. The molecule has 0 amide bonds. The van der Waals surface area contributed by atoms with Crippen molar-refractivity contribution in [2.75, 3.05) is 13.6 Å². The fourth-order valence-electron chi connectivity index (χ4n) is 0.846. The number of carbonyl (C=O) groups is 1. The smallest absolute Gasteiger partial charge is 0.307 e. The highest BCUT2D eigenvalue weighted by Gasteiger charge is 2.02. The normalized spacial score (nSPS) is 9.92. The van der Waals surface area contributed by atoms with E-state index >= 15 is 0 Å². The third kappa shape index (κ3) is 3.75. The Morgan fingerprint density at radius 2 is 2.54 bits per heavy atom. The Morgan fingerprint density at radius 3 is 3.15 bits per heavy atom. The molecule has 0 saturated carbocycles. The van der Waals surface area contributed by atoms with E-state index in [2.05, 4.69) is 5.32 Å². The van der Waals surface area contributed by atoms with E-state index in [0.717, 1.165) is 0 Å². The van der Waals surface area contributed by atoms with Gasteiger partial charge in [0, 0.05) is 6.54 Å². The molecule has 0 spiro atoms. The second kappa shape index (κ2) is 5.37. The lowest BCUT2D eigenvalue weighted by Crippen LogP contribution is -2.14. The minimum Gasteiger partial charge on any atom is -0.466 e. The van der Waals surface area contributed by atoms with Crippen LogP contribution in [-0.2, 0) is 16.1 Å². The summed E-state index contributed by atoms with van der Waals surface area (Å²) in [6.07, 6.45) is 1.94. The van der Waals surface area contributed by atoms with E-state index < -0.39 is 0 Å². The minimum atomic E-state index is -0.217. The summed E-state index contributed by atoms with van der Waals surface area (Å²) in [5.74, 6) is 0.448. The van der Waals surface area contributed by atoms with Crippen LogP contribution in [0, 0.1) is 0 Å². The molecule has 0 fully saturated rings. The van der Waals surface area contributed by atoms with Crippen molar-refractivity contribution in [3.63, 3.8) is 0 Å². The molecule has 4 nitrogen and oxygen atoms in total. The Hall–Kier alpha value is -1.29. The van der Waals surface area contributed by atoms with E-state index in [0.29, 0.717) is 18.7 Å². The van der Waals surface area contributed by atoms with Crippen molar-refractivity contribution >= 4 is 5.97 Å². The fraction of sp³-hybridized carbons (Fsp3) is 0.444. The van der Waals surface area contributed by atoms with Gasteiger partial charge >= 0.3 is 5.97 Å². The van der Waals surface area contributed by atoms with Crippen LogP contribution in [0.25, 0.3) is 0 Å². The molecule has 0 aliphatic carbocycles. The van der Waals surface area contributed by atoms with Crippen LogP contribution in [-0.4, -0.2) is 19.6 Å². The number of carbonyl (C=O) groups excluding carboxylic acids is 1. The summed E-state index contributed by atoms with van der Waals surface area (Å²) in [5, 5.41) is 2.87. The first-order valence-electron chi connectivity index (χ1n) is 4.15. The number of nitrogens with one attached hydrogen (secondary N) is 1. The molecule has 0 aromatic carbocycles. The predicted octanol–water partition coefficient (Wildman–Crippen LogP) is 0.932. The number of esters is 1. The summed E-state index contributed by atoms with van der Waals surface area (Å²) in [7, 11) is 1.79. The zero-order chi connectivity index (χ0) is 9.52. The summed E-state index contributed by atoms with van der Waals surface area (Å²) >= 11 is 0. The van der Waals surface area contributed by atoms with Crippen LogP contribution >= 0.6 is 0 Å². The summed E-state index contributed by atoms with van der Waals surface area (Å²) in [6, 6.07) is 3.53. The van der Waals surface area contributed by atoms with Crippen LogP contribution in [0.2, 0.25) is 0 Å². The van der Waals surface area contributed by atoms with Crippen LogP contribution < -0.4 is 5.32 Å². The zero-order valence-corrected chi connectivity index (χ0v) is 7.58. The van der Waals surface area contributed by atoms with Gasteiger partial charge in [0.15, 0.2) is 0 Å². The second-order valence-electron chi connectivity index (χ2n) is 2.59. The number of hydrogen-bond donors (Lipinski definition) is 1. The van der Waals surface area contributed by atoms with E-state index in [4.69, 9.17) is 9.15 Å². The van der Waals surface area contributed by atoms with Crippen molar-refractivity contribution in [2.24, 2.45) is 0 Å². The van der Waals surface area contributed by atoms with Crippen molar-refractivity contribution in [2.45, 2.75) is 13.0 Å². The maximum atomic E-state index is 11.0. The fourth-order valence-corrected chi connectivity index (χ4v) is 0.846. The van der Waals surface area contributed by atoms with Gasteiger partial charge in [-0.3, -0.25) is 4.79 Å². The van der Waals surface area contributed by atoms with Crippen molar-refractivity contribution in [1.29, 1.82) is 0 Å². The maximum absolute atomic E-state index is 11.0. The van der Waals surface area contributed by atoms with E-state index in [-0.39, 0.29) is 12.6 Å². The Morgan fingerprint density at radius 1 is 1.69 bits per heavy atom. The molecule has 1 rings (SSSR count). The summed E-state index contributed by atoms with van der Waals surface area (Å²) in [6.45, 7) is 0.854. The summed E-state index contributed by atoms with van der Waals surface area (Å²) in [5.41, 5.74) is 0. The number of furan rings is 1. The van der Waals surface area contributed by atoms with Gasteiger partial charge in [-0.2, -0.15) is 0 Å². The van der Waals surface area contributed by atoms with Crippen molar-refractivity contribution in [1.82, 2.24) is 5.32 Å². The molecular weight excluding hydrogens is 170 g/mol. The zero-order valence-electron chi connectivity index (χ0n) is 7.58. The lowest BCUT2D eigenvalue weighted by atomic mass is 10.4. The van der Waals surface area contributed by atoms with Crippen LogP contribution in [0.5, 0.6) is 0 Å². The molecule has 0 atom stereocenters. The van der Waals surface area contributed by atoms with Gasteiger partial charge < -0.3 is 14.5 Å². The molecule has 1 aromatic rings. The molecule has 0 bridgehead atoms. The molecule has 0 aliphatic rings. The first-order valence-corrected chi connectivity index (χ1v) is 4.15. The molecular formula is C9H13NO3. The monoisotopic (exact) mass is 183 g/mol. The minimum absolute atomic E-state index is 0.217. The van der Waals surface area contributed by atoms with Gasteiger partial charge in [0.25, 0.3) is 0 Å². The second-order valence-corrected chi connectivity index (χ2v) is 2.59. The van der Waals surface area contributed by atoms with Gasteiger partial charge in [0.1, 0.15) is 12.4 Å². The van der Waals surface area contributed by atoms with Crippen molar-refractivity contribution in [3.8, 4) is 0 Å². The highest BCUT2D eigenvalue weighted by Crippen LogP contribution is 2.02. The van der Waals surface area contributed by atoms with Crippen LogP contribution in [0.4, 0.5) is 0 Å². The average molecular weight is 183 g/mol. The van der Waals surface area contributed by atoms with E-state index in [9.17, 15) is 4.79 Å². The Bertz CT molecular complexity index is 243. The molecule has 0 radical (unpaired) electrons. The van der Waals surface area contributed by atoms with Gasteiger partial charge in [-0.15, -0.1) is 0 Å². The van der Waals surface area contributed by atoms with Gasteiger partial charge in [0.05, 0.1) is 12.7 Å². The third-order valence-electron chi connectivity index (χ3n) is 1.53. The highest BCUT2D eigenvalue weighted by molar-refractivity contribution is 5.69. The molecule has 13 heavy (non-hydrogen) atoms. The average Bonchev–Trinajstić information content (AvgIpc) is 2.64. The standard InChI is InChI=1S/C9H13NO3/c1-10-5-4-9(11)13-7-8-3-2-6-12-8/h2-3,6,10H,4-5,7H2,1H3. The van der Waals surface area contributed by atoms with Gasteiger partial charge in [-0.05, 0) is 19.2 Å². The number of rotatable bonds is 5. The number of ether oxygens (including phenoxy) is 1. The number of hydrogen-bond acceptors (Lipinski definition) is 4. The lowest BCUT2D eigenvalue weighted by Gasteiger charge is -2.01. The Balaban J connectivity index is 2.15. The van der Waals surface area contributed by atoms with Gasteiger partial charge in [-0.1, -0.05) is 0 Å². The molecule has 0 aliphatic heterocycles. The predicted molar refractivity (Wildman–Crippen MR) is 47.0 cm³/mol. The van der Waals surface area contributed by atoms with E-state index in [1.807, 2.05) is 0 Å². The quantitative estimate of drug-likeness (QED) is 0.690. The molecule has 4 heteroatoms. The van der Waals surface area contributed by atoms with Crippen LogP contribution in [0.1, 0.15) is 12.2 Å². The van der Waals surface area contributed by atoms with Crippen LogP contribution in [0.3, 0.4) is 0 Å². The topological polar surface area (TPSA) is 51.5 Å². The first kappa shape index (κ1) is 9.80.